The molecule has 14 heavy (non-hydrogen) atoms. The lowest BCUT2D eigenvalue weighted by Gasteiger charge is -2.37. The van der Waals surface area contributed by atoms with Gasteiger partial charge in [0, 0.05) is 0 Å². The molecule has 0 aromatic heterocycles. The molecule has 0 amide bonds. The number of hydrogen-bond donors (Lipinski definition) is 1. The van der Waals surface area contributed by atoms with Crippen molar-refractivity contribution in [2.24, 2.45) is 5.92 Å². The molecule has 0 aromatic carbocycles. The summed E-state index contributed by atoms with van der Waals surface area (Å²) in [6.45, 7) is 1.88. The standard InChI is InChI=1S/C10H17F3O/c1-2-5-9(14)6-3-4-8(7-9)10(11,12)13/h8,14H,2-7H2,1H3/t8-,9-/m1/s1. The minimum atomic E-state index is -4.14. The van der Waals surface area contributed by atoms with E-state index in [0.717, 1.165) is 6.42 Å². The van der Waals surface area contributed by atoms with Crippen LogP contribution in [0.15, 0.2) is 0 Å². The van der Waals surface area contributed by atoms with Gasteiger partial charge in [-0.05, 0) is 32.1 Å². The molecule has 1 fully saturated rings. The molecule has 1 aliphatic carbocycles. The number of halogens is 3. The molecule has 1 saturated carbocycles. The Bertz CT molecular complexity index is 186. The highest BCUT2D eigenvalue weighted by atomic mass is 19.4. The minimum Gasteiger partial charge on any atom is -0.390 e. The lowest BCUT2D eigenvalue weighted by atomic mass is 9.75. The van der Waals surface area contributed by atoms with Crippen LogP contribution in [0.3, 0.4) is 0 Å². The van der Waals surface area contributed by atoms with Gasteiger partial charge in [0.25, 0.3) is 0 Å². The predicted molar refractivity (Wildman–Crippen MR) is 47.9 cm³/mol. The van der Waals surface area contributed by atoms with Gasteiger partial charge >= 0.3 is 6.18 Å². The molecule has 1 aliphatic rings. The monoisotopic (exact) mass is 210 g/mol. The first kappa shape index (κ1) is 11.8. The summed E-state index contributed by atoms with van der Waals surface area (Å²) in [5, 5.41) is 9.91. The lowest BCUT2D eigenvalue weighted by Crippen LogP contribution is -2.40. The molecule has 0 aliphatic heterocycles. The van der Waals surface area contributed by atoms with Crippen molar-refractivity contribution >= 4 is 0 Å². The summed E-state index contributed by atoms with van der Waals surface area (Å²) >= 11 is 0. The first-order valence-electron chi connectivity index (χ1n) is 5.16. The smallest absolute Gasteiger partial charge is 0.390 e. The van der Waals surface area contributed by atoms with Crippen LogP contribution in [0.1, 0.15) is 45.4 Å². The summed E-state index contributed by atoms with van der Waals surface area (Å²) in [5.74, 6) is -1.30. The van der Waals surface area contributed by atoms with Crippen molar-refractivity contribution in [1.29, 1.82) is 0 Å². The van der Waals surface area contributed by atoms with E-state index in [1.807, 2.05) is 6.92 Å². The quantitative estimate of drug-likeness (QED) is 0.741. The maximum atomic E-state index is 12.4. The van der Waals surface area contributed by atoms with Crippen molar-refractivity contribution in [3.05, 3.63) is 0 Å². The van der Waals surface area contributed by atoms with Crippen molar-refractivity contribution in [2.75, 3.05) is 0 Å². The van der Waals surface area contributed by atoms with Crippen LogP contribution in [-0.4, -0.2) is 16.9 Å². The second-order valence-electron chi connectivity index (χ2n) is 4.31. The number of hydrogen-bond acceptors (Lipinski definition) is 1. The maximum Gasteiger partial charge on any atom is 0.391 e. The fourth-order valence-corrected chi connectivity index (χ4v) is 2.31. The molecule has 0 heterocycles. The summed E-state index contributed by atoms with van der Waals surface area (Å²) < 4.78 is 37.2. The molecule has 1 rings (SSSR count). The highest BCUT2D eigenvalue weighted by molar-refractivity contribution is 4.88. The molecule has 0 unspecified atom stereocenters. The van der Waals surface area contributed by atoms with Crippen LogP contribution in [0.2, 0.25) is 0 Å². The minimum absolute atomic E-state index is 0.107. The van der Waals surface area contributed by atoms with Crippen molar-refractivity contribution in [2.45, 2.75) is 57.2 Å². The van der Waals surface area contributed by atoms with Gasteiger partial charge in [-0.25, -0.2) is 0 Å². The maximum absolute atomic E-state index is 12.4. The molecule has 1 nitrogen and oxygen atoms in total. The van der Waals surface area contributed by atoms with Gasteiger partial charge in [-0.3, -0.25) is 0 Å². The fourth-order valence-electron chi connectivity index (χ4n) is 2.31. The van der Waals surface area contributed by atoms with E-state index >= 15 is 0 Å². The Hall–Kier alpha value is -0.250. The second kappa shape index (κ2) is 4.09. The van der Waals surface area contributed by atoms with Crippen molar-refractivity contribution in [3.8, 4) is 0 Å². The highest BCUT2D eigenvalue weighted by Gasteiger charge is 2.46. The average Bonchev–Trinajstić information content (AvgIpc) is 2.02. The Balaban J connectivity index is 2.59. The van der Waals surface area contributed by atoms with Gasteiger partial charge in [-0.2, -0.15) is 13.2 Å². The van der Waals surface area contributed by atoms with Crippen LogP contribution in [0, 0.1) is 5.92 Å². The zero-order valence-corrected chi connectivity index (χ0v) is 8.40. The van der Waals surface area contributed by atoms with E-state index in [1.54, 1.807) is 0 Å². The first-order valence-corrected chi connectivity index (χ1v) is 5.16. The van der Waals surface area contributed by atoms with Gasteiger partial charge in [0.05, 0.1) is 11.5 Å². The summed E-state index contributed by atoms with van der Waals surface area (Å²) in [4.78, 5) is 0. The molecule has 84 valence electrons. The van der Waals surface area contributed by atoms with Crippen LogP contribution < -0.4 is 0 Å². The van der Waals surface area contributed by atoms with Crippen molar-refractivity contribution in [1.82, 2.24) is 0 Å². The van der Waals surface area contributed by atoms with Gasteiger partial charge < -0.3 is 5.11 Å². The van der Waals surface area contributed by atoms with Gasteiger partial charge in [0.2, 0.25) is 0 Å². The molecule has 1 N–H and O–H groups in total. The van der Waals surface area contributed by atoms with Gasteiger partial charge in [-0.15, -0.1) is 0 Å². The average molecular weight is 210 g/mol. The third-order valence-electron chi connectivity index (χ3n) is 3.00. The van der Waals surface area contributed by atoms with Gasteiger partial charge in [0.15, 0.2) is 0 Å². The third kappa shape index (κ3) is 2.87. The summed E-state index contributed by atoms with van der Waals surface area (Å²) in [7, 11) is 0. The van der Waals surface area contributed by atoms with Crippen LogP contribution in [0.5, 0.6) is 0 Å². The molecule has 2 atom stereocenters. The Kier molecular flexibility index (Phi) is 3.45. The zero-order valence-electron chi connectivity index (χ0n) is 8.40. The van der Waals surface area contributed by atoms with Gasteiger partial charge in [0.1, 0.15) is 0 Å². The van der Waals surface area contributed by atoms with E-state index in [9.17, 15) is 18.3 Å². The molecule has 0 spiro atoms. The van der Waals surface area contributed by atoms with Crippen LogP contribution >= 0.6 is 0 Å². The van der Waals surface area contributed by atoms with E-state index < -0.39 is 17.7 Å². The van der Waals surface area contributed by atoms with Gasteiger partial charge in [-0.1, -0.05) is 13.3 Å². The first-order chi connectivity index (χ1) is 6.37. The Labute approximate surface area is 82.3 Å². The van der Waals surface area contributed by atoms with E-state index in [0.29, 0.717) is 19.3 Å². The molecule has 0 saturated heterocycles. The summed E-state index contributed by atoms with van der Waals surface area (Å²) in [6.07, 6.45) is -1.84. The summed E-state index contributed by atoms with van der Waals surface area (Å²) in [5.41, 5.74) is -1.06. The van der Waals surface area contributed by atoms with Crippen molar-refractivity contribution < 1.29 is 18.3 Å². The van der Waals surface area contributed by atoms with E-state index in [2.05, 4.69) is 0 Å². The largest absolute Gasteiger partial charge is 0.391 e. The molecule has 0 radical (unpaired) electrons. The van der Waals surface area contributed by atoms with E-state index in [-0.39, 0.29) is 12.8 Å². The summed E-state index contributed by atoms with van der Waals surface area (Å²) in [6, 6.07) is 0. The Morgan fingerprint density at radius 2 is 2.07 bits per heavy atom. The Morgan fingerprint density at radius 3 is 2.57 bits per heavy atom. The molecular formula is C10H17F3O. The number of alkyl halides is 3. The topological polar surface area (TPSA) is 20.2 Å². The zero-order chi connectivity index (χ0) is 10.8. The van der Waals surface area contributed by atoms with Crippen molar-refractivity contribution in [3.63, 3.8) is 0 Å². The molecular weight excluding hydrogens is 193 g/mol. The number of aliphatic hydroxyl groups is 1. The molecule has 0 aromatic rings. The third-order valence-corrected chi connectivity index (χ3v) is 3.00. The lowest BCUT2D eigenvalue weighted by molar-refractivity contribution is -0.201. The SMILES string of the molecule is CCC[C@@]1(O)CCC[C@@H](C(F)(F)F)C1. The van der Waals surface area contributed by atoms with Crippen LogP contribution in [-0.2, 0) is 0 Å². The predicted octanol–water partition coefficient (Wildman–Crippen LogP) is 3.27. The molecule has 4 heteroatoms. The Morgan fingerprint density at radius 1 is 1.43 bits per heavy atom. The second-order valence-corrected chi connectivity index (χ2v) is 4.31. The highest BCUT2D eigenvalue weighted by Crippen LogP contribution is 2.43. The van der Waals surface area contributed by atoms with Crippen LogP contribution in [0.25, 0.3) is 0 Å². The van der Waals surface area contributed by atoms with Crippen LogP contribution in [0.4, 0.5) is 13.2 Å². The number of rotatable bonds is 2. The molecule has 0 bridgehead atoms. The normalized spacial score (nSPS) is 34.5. The van der Waals surface area contributed by atoms with E-state index in [1.165, 1.54) is 0 Å². The fraction of sp³-hybridized carbons (Fsp3) is 1.00. The van der Waals surface area contributed by atoms with E-state index in [4.69, 9.17) is 0 Å².